The molecule has 14 nitrogen and oxygen atoms in total. The Balaban J connectivity index is 1.35. The molecule has 0 unspecified atom stereocenters. The van der Waals surface area contributed by atoms with Gasteiger partial charge in [0.1, 0.15) is 29.5 Å². The van der Waals surface area contributed by atoms with E-state index in [1.807, 2.05) is 59.7 Å². The number of alkyl carbamates (subject to hydrolysis) is 1. The third-order valence-corrected chi connectivity index (χ3v) is 13.1. The smallest absolute Gasteiger partial charge is 0.407 e. The number of nitrogens with zero attached hydrogens (tertiary/aromatic N) is 2. The number of fused-ring (bicyclic) bond motifs is 3. The van der Waals surface area contributed by atoms with Crippen LogP contribution in [0.3, 0.4) is 0 Å². The van der Waals surface area contributed by atoms with Crippen molar-refractivity contribution < 1.29 is 41.8 Å². The number of carbonyl (C=O) groups is 4. The van der Waals surface area contributed by atoms with Crippen LogP contribution >= 0.6 is 0 Å². The summed E-state index contributed by atoms with van der Waals surface area (Å²) in [6, 6.07) is 3.66. The summed E-state index contributed by atoms with van der Waals surface area (Å²) in [5.41, 5.74) is -1.56. The first-order valence-electron chi connectivity index (χ1n) is 19.1. The second kappa shape index (κ2) is 14.8. The van der Waals surface area contributed by atoms with Gasteiger partial charge in [0.25, 0.3) is 5.91 Å². The van der Waals surface area contributed by atoms with Crippen LogP contribution in [0.4, 0.5) is 4.79 Å². The van der Waals surface area contributed by atoms with E-state index < -0.39 is 68.2 Å². The number of rotatable bonds is 7. The van der Waals surface area contributed by atoms with E-state index in [1.165, 1.54) is 4.90 Å². The van der Waals surface area contributed by atoms with Crippen LogP contribution in [0.15, 0.2) is 24.4 Å². The van der Waals surface area contributed by atoms with Gasteiger partial charge in [-0.3, -0.25) is 19.1 Å². The zero-order valence-electron chi connectivity index (χ0n) is 32.5. The molecular weight excluding hydrogens is 715 g/mol. The van der Waals surface area contributed by atoms with Crippen LogP contribution < -0.4 is 24.8 Å². The molecule has 2 aromatic rings. The van der Waals surface area contributed by atoms with Crippen molar-refractivity contribution >= 4 is 44.6 Å². The molecule has 1 aromatic heterocycles. The van der Waals surface area contributed by atoms with Crippen molar-refractivity contribution in [3.05, 3.63) is 30.0 Å². The summed E-state index contributed by atoms with van der Waals surface area (Å²) in [4.78, 5) is 61.8. The third-order valence-electron chi connectivity index (χ3n) is 11.3. The van der Waals surface area contributed by atoms with Gasteiger partial charge in [0, 0.05) is 18.0 Å². The van der Waals surface area contributed by atoms with Crippen molar-refractivity contribution in [2.75, 3.05) is 20.3 Å². The van der Waals surface area contributed by atoms with E-state index in [0.29, 0.717) is 25.1 Å². The first-order valence-corrected chi connectivity index (χ1v) is 20.7. The maximum absolute atomic E-state index is 14.6. The van der Waals surface area contributed by atoms with Gasteiger partial charge in [-0.15, -0.1) is 0 Å². The SMILES string of the molecule is CC[C@@H]1C[C@]1(NC(=O)[C@@H]1C[C@@H]2CN1C(=O)[C@H](C(C)(C)C)NC(=O)OCC(C)(C)CCCCc1cc3c(nccc3cc1OC)O2)C(=O)NS(=O)(=O)C1CC1. The largest absolute Gasteiger partial charge is 0.496 e. The van der Waals surface area contributed by atoms with E-state index in [4.69, 9.17) is 14.2 Å². The quantitative estimate of drug-likeness (QED) is 0.366. The Morgan fingerprint density at radius 3 is 2.54 bits per heavy atom. The second-order valence-corrected chi connectivity index (χ2v) is 19.3. The normalized spacial score (nSPS) is 27.8. The standard InChI is InChI=1S/C39H55N5O9S/c1-8-25-20-39(25,35(47)43-54(49,50)27-12-13-27)42-32(45)29-19-26-21-44(29)34(46)31(37(2,3)4)41-36(48)52-22-38(5,6)15-10-9-11-24-17-28-23(18-30(24)51-7)14-16-40-33(28)53-26/h14,16-18,25-27,29,31H,8-13,15,19-22H2,1-7H3,(H,41,48)(H,42,45)(H,43,47)/t25-,26-,29+,31-,39-/m1/s1. The lowest BCUT2D eigenvalue weighted by Crippen LogP contribution is -2.60. The Bertz CT molecular complexity index is 1910. The predicted octanol–water partition coefficient (Wildman–Crippen LogP) is 4.38. The highest BCUT2D eigenvalue weighted by molar-refractivity contribution is 7.91. The van der Waals surface area contributed by atoms with Gasteiger partial charge >= 0.3 is 6.09 Å². The number of sulfonamides is 1. The number of pyridine rings is 1. The first-order chi connectivity index (χ1) is 25.4. The molecule has 1 aromatic carbocycles. The number of aromatic nitrogens is 1. The number of carbonyl (C=O) groups excluding carboxylic acids is 4. The van der Waals surface area contributed by atoms with Gasteiger partial charge in [-0.25, -0.2) is 18.2 Å². The molecule has 6 rings (SSSR count). The molecule has 54 heavy (non-hydrogen) atoms. The van der Waals surface area contributed by atoms with Crippen molar-refractivity contribution in [2.24, 2.45) is 16.7 Å². The Labute approximate surface area is 317 Å². The molecule has 4 bridgehead atoms. The maximum Gasteiger partial charge on any atom is 0.407 e. The Morgan fingerprint density at radius 2 is 1.89 bits per heavy atom. The zero-order valence-corrected chi connectivity index (χ0v) is 33.3. The summed E-state index contributed by atoms with van der Waals surface area (Å²) in [7, 11) is -2.23. The lowest BCUT2D eigenvalue weighted by atomic mass is 9.85. The predicted molar refractivity (Wildman–Crippen MR) is 201 cm³/mol. The van der Waals surface area contributed by atoms with Crippen LogP contribution in [0.1, 0.15) is 98.5 Å². The summed E-state index contributed by atoms with van der Waals surface area (Å²) in [6.07, 6.45) is 5.31. The molecule has 3 fully saturated rings. The number of hydrogen-bond donors (Lipinski definition) is 3. The van der Waals surface area contributed by atoms with E-state index in [0.717, 1.165) is 47.8 Å². The van der Waals surface area contributed by atoms with Crippen LogP contribution in [0, 0.1) is 16.7 Å². The highest BCUT2D eigenvalue weighted by atomic mass is 32.2. The van der Waals surface area contributed by atoms with Crippen molar-refractivity contribution in [1.82, 2.24) is 25.2 Å². The van der Waals surface area contributed by atoms with Gasteiger partial charge in [-0.05, 0) is 84.4 Å². The minimum atomic E-state index is -3.86. The van der Waals surface area contributed by atoms with Crippen molar-refractivity contribution in [2.45, 2.75) is 128 Å². The number of ether oxygens (including phenoxy) is 3. The number of nitrogens with one attached hydrogen (secondary N) is 3. The van der Waals surface area contributed by atoms with Gasteiger partial charge < -0.3 is 29.7 Å². The molecule has 2 aliphatic carbocycles. The second-order valence-electron chi connectivity index (χ2n) is 17.3. The van der Waals surface area contributed by atoms with Gasteiger partial charge in [0.15, 0.2) is 0 Å². The molecule has 15 heteroatoms. The fourth-order valence-electron chi connectivity index (χ4n) is 7.75. The van der Waals surface area contributed by atoms with Gasteiger partial charge in [0.05, 0.1) is 25.5 Å². The van der Waals surface area contributed by atoms with Crippen LogP contribution in [-0.4, -0.2) is 91.4 Å². The van der Waals surface area contributed by atoms with Crippen LogP contribution in [0.5, 0.6) is 11.6 Å². The Hall–Kier alpha value is -4.14. The van der Waals surface area contributed by atoms with E-state index in [1.54, 1.807) is 13.3 Å². The van der Waals surface area contributed by atoms with Crippen LogP contribution in [0.2, 0.25) is 0 Å². The topological polar surface area (TPSA) is 182 Å². The number of cyclic esters (lactones) is 1. The van der Waals surface area contributed by atoms with Crippen molar-refractivity contribution in [3.8, 4) is 11.6 Å². The van der Waals surface area contributed by atoms with E-state index in [-0.39, 0.29) is 37.3 Å². The summed E-state index contributed by atoms with van der Waals surface area (Å²) < 4.78 is 45.7. The fraction of sp³-hybridized carbons (Fsp3) is 0.667. The molecule has 3 heterocycles. The molecule has 0 radical (unpaired) electrons. The average molecular weight is 770 g/mol. The van der Waals surface area contributed by atoms with Crippen molar-refractivity contribution in [1.29, 1.82) is 0 Å². The summed E-state index contributed by atoms with van der Waals surface area (Å²) in [6.45, 7) is 11.5. The lowest BCUT2D eigenvalue weighted by Gasteiger charge is -2.35. The molecule has 296 valence electrons. The molecule has 4 amide bonds. The van der Waals surface area contributed by atoms with E-state index >= 15 is 0 Å². The molecule has 2 aliphatic heterocycles. The molecule has 2 saturated carbocycles. The summed E-state index contributed by atoms with van der Waals surface area (Å²) >= 11 is 0. The summed E-state index contributed by atoms with van der Waals surface area (Å²) in [5.74, 6) is -1.08. The fourth-order valence-corrected chi connectivity index (χ4v) is 9.12. The molecular formula is C39H55N5O9S. The number of aryl methyl sites for hydroxylation is 1. The number of benzene rings is 1. The van der Waals surface area contributed by atoms with E-state index in [2.05, 4.69) is 20.3 Å². The minimum absolute atomic E-state index is 0.0131. The Morgan fingerprint density at radius 1 is 1.15 bits per heavy atom. The summed E-state index contributed by atoms with van der Waals surface area (Å²) in [5, 5.41) is 6.68. The molecule has 4 aliphatic rings. The highest BCUT2D eigenvalue weighted by Crippen LogP contribution is 2.47. The number of amides is 4. The Kier molecular flexibility index (Phi) is 10.9. The molecule has 0 spiro atoms. The van der Waals surface area contributed by atoms with E-state index in [9.17, 15) is 27.6 Å². The number of hydrogen-bond acceptors (Lipinski definition) is 10. The zero-order chi connectivity index (χ0) is 39.2. The van der Waals surface area contributed by atoms with Crippen LogP contribution in [-0.2, 0) is 35.6 Å². The number of methoxy groups -OCH3 is 1. The highest BCUT2D eigenvalue weighted by Gasteiger charge is 2.62. The van der Waals surface area contributed by atoms with Crippen LogP contribution in [0.25, 0.3) is 10.8 Å². The third kappa shape index (κ3) is 8.40. The van der Waals surface area contributed by atoms with Gasteiger partial charge in [-0.2, -0.15) is 0 Å². The van der Waals surface area contributed by atoms with Gasteiger partial charge in [0.2, 0.25) is 27.7 Å². The average Bonchev–Trinajstić information content (AvgIpc) is 4.03. The molecule has 3 N–H and O–H groups in total. The first kappa shape index (κ1) is 39.6. The lowest BCUT2D eigenvalue weighted by molar-refractivity contribution is -0.143. The maximum atomic E-state index is 14.6. The van der Waals surface area contributed by atoms with Gasteiger partial charge in [-0.1, -0.05) is 54.4 Å². The monoisotopic (exact) mass is 769 g/mol. The van der Waals surface area contributed by atoms with Crippen molar-refractivity contribution in [3.63, 3.8) is 0 Å². The molecule has 5 atom stereocenters. The minimum Gasteiger partial charge on any atom is -0.496 e. The molecule has 1 saturated heterocycles.